The monoisotopic (exact) mass is 385 g/mol. The van der Waals surface area contributed by atoms with E-state index in [-0.39, 0.29) is 18.2 Å². The summed E-state index contributed by atoms with van der Waals surface area (Å²) < 4.78 is 2.05. The molecular formula is C20H23N3O3S. The summed E-state index contributed by atoms with van der Waals surface area (Å²) >= 11 is 1.62. The SMILES string of the molecule is CCn1c(C)cc(C(=O)CN2C(=O)N[C@]3(CCCc4sccc43)C2=O)c1C. The second-order valence-corrected chi connectivity index (χ2v) is 8.29. The highest BCUT2D eigenvalue weighted by Gasteiger charge is 2.54. The molecule has 1 aliphatic heterocycles. The molecule has 1 fully saturated rings. The standard InChI is InChI=1S/C20H23N3O3S/c1-4-22-12(2)10-14(13(22)3)16(24)11-23-18(25)20(21-19(23)26)8-5-6-17-15(20)7-9-27-17/h7,9-10H,4-6,8,11H2,1-3H3,(H,21,26)/t20-/m0/s1. The average molecular weight is 385 g/mol. The van der Waals surface area contributed by atoms with Crippen molar-refractivity contribution >= 4 is 29.1 Å². The van der Waals surface area contributed by atoms with E-state index in [9.17, 15) is 14.4 Å². The first-order valence-electron chi connectivity index (χ1n) is 9.30. The van der Waals surface area contributed by atoms with Gasteiger partial charge in [0, 0.05) is 33.9 Å². The van der Waals surface area contributed by atoms with E-state index in [4.69, 9.17) is 0 Å². The molecule has 0 unspecified atom stereocenters. The maximum atomic E-state index is 13.2. The number of urea groups is 1. The van der Waals surface area contributed by atoms with Crippen LogP contribution in [0.25, 0.3) is 0 Å². The highest BCUT2D eigenvalue weighted by atomic mass is 32.1. The van der Waals surface area contributed by atoms with Crippen molar-refractivity contribution in [3.8, 4) is 0 Å². The first-order valence-corrected chi connectivity index (χ1v) is 10.2. The Bertz CT molecular complexity index is 958. The van der Waals surface area contributed by atoms with Crippen molar-refractivity contribution in [3.63, 3.8) is 0 Å². The summed E-state index contributed by atoms with van der Waals surface area (Å²) in [5.74, 6) is -0.505. The lowest BCUT2D eigenvalue weighted by Gasteiger charge is -2.31. The minimum absolute atomic E-state index is 0.204. The van der Waals surface area contributed by atoms with Crippen LogP contribution < -0.4 is 5.32 Å². The lowest BCUT2D eigenvalue weighted by Crippen LogP contribution is -2.46. The van der Waals surface area contributed by atoms with Crippen LogP contribution in [0.2, 0.25) is 0 Å². The van der Waals surface area contributed by atoms with Gasteiger partial charge in [-0.1, -0.05) is 0 Å². The van der Waals surface area contributed by atoms with Crippen LogP contribution in [-0.4, -0.2) is 33.7 Å². The number of carbonyl (C=O) groups excluding carboxylic acids is 3. The zero-order valence-corrected chi connectivity index (χ0v) is 16.6. The number of carbonyl (C=O) groups is 3. The van der Waals surface area contributed by atoms with Gasteiger partial charge in [0.15, 0.2) is 5.78 Å². The van der Waals surface area contributed by atoms with Gasteiger partial charge in [0.25, 0.3) is 5.91 Å². The molecule has 3 amide bonds. The molecule has 4 rings (SSSR count). The summed E-state index contributed by atoms with van der Waals surface area (Å²) in [4.78, 5) is 40.9. The molecule has 2 aromatic rings. The lowest BCUT2D eigenvalue weighted by molar-refractivity contribution is -0.131. The van der Waals surface area contributed by atoms with Gasteiger partial charge in [-0.3, -0.25) is 14.5 Å². The zero-order valence-electron chi connectivity index (χ0n) is 15.8. The third-order valence-electron chi connectivity index (χ3n) is 5.83. The third kappa shape index (κ3) is 2.56. The van der Waals surface area contributed by atoms with Crippen LogP contribution >= 0.6 is 11.3 Å². The lowest BCUT2D eigenvalue weighted by atomic mass is 9.80. The normalized spacial score (nSPS) is 21.7. The Morgan fingerprint density at radius 1 is 1.33 bits per heavy atom. The van der Waals surface area contributed by atoms with Crippen LogP contribution in [0.1, 0.15) is 52.0 Å². The Balaban J connectivity index is 1.62. The number of nitrogens with zero attached hydrogens (tertiary/aromatic N) is 2. The molecule has 0 aromatic carbocycles. The van der Waals surface area contributed by atoms with Crippen molar-refractivity contribution < 1.29 is 14.4 Å². The van der Waals surface area contributed by atoms with Crippen molar-refractivity contribution in [2.24, 2.45) is 0 Å². The summed E-state index contributed by atoms with van der Waals surface area (Å²) in [6, 6.07) is 3.29. The molecule has 1 aliphatic carbocycles. The van der Waals surface area contributed by atoms with Gasteiger partial charge >= 0.3 is 6.03 Å². The second-order valence-electron chi connectivity index (χ2n) is 7.29. The number of hydrogen-bond donors (Lipinski definition) is 1. The van der Waals surface area contributed by atoms with Crippen molar-refractivity contribution in [2.45, 2.75) is 52.1 Å². The summed E-state index contributed by atoms with van der Waals surface area (Å²) in [6.07, 6.45) is 2.36. The van der Waals surface area contributed by atoms with Crippen LogP contribution in [0.5, 0.6) is 0 Å². The van der Waals surface area contributed by atoms with Gasteiger partial charge in [0.2, 0.25) is 0 Å². The molecular weight excluding hydrogens is 362 g/mol. The summed E-state index contributed by atoms with van der Waals surface area (Å²) in [5, 5.41) is 4.86. The van der Waals surface area contributed by atoms with Crippen LogP contribution in [0.3, 0.4) is 0 Å². The Hall–Kier alpha value is -2.41. The van der Waals surface area contributed by atoms with Gasteiger partial charge in [-0.2, -0.15) is 0 Å². The number of hydrogen-bond acceptors (Lipinski definition) is 4. The van der Waals surface area contributed by atoms with Gasteiger partial charge in [-0.05, 0) is 57.5 Å². The van der Waals surface area contributed by atoms with E-state index in [0.717, 1.165) is 46.1 Å². The number of imide groups is 1. The van der Waals surface area contributed by atoms with E-state index in [1.54, 1.807) is 11.3 Å². The molecule has 142 valence electrons. The number of fused-ring (bicyclic) bond motifs is 2. The van der Waals surface area contributed by atoms with E-state index < -0.39 is 11.6 Å². The number of amides is 3. The molecule has 7 heteroatoms. The van der Waals surface area contributed by atoms with Crippen molar-refractivity contribution in [1.29, 1.82) is 0 Å². The van der Waals surface area contributed by atoms with Crippen LogP contribution in [-0.2, 0) is 23.3 Å². The predicted molar refractivity (Wildman–Crippen MR) is 103 cm³/mol. The van der Waals surface area contributed by atoms with E-state index in [1.165, 1.54) is 0 Å². The van der Waals surface area contributed by atoms with E-state index in [0.29, 0.717) is 12.0 Å². The fourth-order valence-electron chi connectivity index (χ4n) is 4.48. The summed E-state index contributed by atoms with van der Waals surface area (Å²) in [5.41, 5.74) is 2.36. The molecule has 0 bridgehead atoms. The fraction of sp³-hybridized carbons (Fsp3) is 0.450. The van der Waals surface area contributed by atoms with Crippen LogP contribution in [0.15, 0.2) is 17.5 Å². The Kier molecular flexibility index (Phi) is 4.22. The molecule has 2 aromatic heterocycles. The number of Topliss-reactive ketones (excluding diaryl/α,β-unsaturated/α-hetero) is 1. The highest BCUT2D eigenvalue weighted by Crippen LogP contribution is 2.42. The minimum atomic E-state index is -0.995. The van der Waals surface area contributed by atoms with Crippen molar-refractivity contribution in [1.82, 2.24) is 14.8 Å². The Labute approximate surface area is 162 Å². The maximum Gasteiger partial charge on any atom is 0.325 e. The molecule has 27 heavy (non-hydrogen) atoms. The van der Waals surface area contributed by atoms with Gasteiger partial charge in [-0.25, -0.2) is 4.79 Å². The number of thiophene rings is 1. The van der Waals surface area contributed by atoms with E-state index in [2.05, 4.69) is 9.88 Å². The van der Waals surface area contributed by atoms with Crippen LogP contribution in [0.4, 0.5) is 4.79 Å². The number of ketones is 1. The Morgan fingerprint density at radius 2 is 2.11 bits per heavy atom. The predicted octanol–water partition coefficient (Wildman–Crippen LogP) is 3.15. The van der Waals surface area contributed by atoms with E-state index in [1.807, 2.05) is 38.3 Å². The molecule has 0 radical (unpaired) electrons. The molecule has 1 N–H and O–H groups in total. The number of aryl methyl sites for hydroxylation is 2. The van der Waals surface area contributed by atoms with Crippen LogP contribution in [0, 0.1) is 13.8 Å². The minimum Gasteiger partial charge on any atom is -0.349 e. The molecule has 1 saturated heterocycles. The molecule has 3 heterocycles. The quantitative estimate of drug-likeness (QED) is 0.649. The molecule has 2 aliphatic rings. The second kappa shape index (κ2) is 6.34. The first kappa shape index (κ1) is 18.0. The van der Waals surface area contributed by atoms with Crippen molar-refractivity contribution in [2.75, 3.05) is 6.54 Å². The summed E-state index contributed by atoms with van der Waals surface area (Å²) in [7, 11) is 0. The first-order chi connectivity index (χ1) is 12.9. The van der Waals surface area contributed by atoms with Crippen molar-refractivity contribution in [3.05, 3.63) is 44.9 Å². The largest absolute Gasteiger partial charge is 0.349 e. The zero-order chi connectivity index (χ0) is 19.3. The van der Waals surface area contributed by atoms with E-state index >= 15 is 0 Å². The van der Waals surface area contributed by atoms with Gasteiger partial charge in [0.1, 0.15) is 5.54 Å². The number of nitrogens with one attached hydrogen (secondary N) is 1. The maximum absolute atomic E-state index is 13.2. The molecule has 0 saturated carbocycles. The topological polar surface area (TPSA) is 71.4 Å². The van der Waals surface area contributed by atoms with Gasteiger partial charge < -0.3 is 9.88 Å². The number of aromatic nitrogens is 1. The third-order valence-corrected chi connectivity index (χ3v) is 6.81. The highest BCUT2D eigenvalue weighted by molar-refractivity contribution is 7.10. The average Bonchev–Trinajstić information content (AvgIpc) is 3.29. The smallest absolute Gasteiger partial charge is 0.325 e. The van der Waals surface area contributed by atoms with Gasteiger partial charge in [-0.15, -0.1) is 11.3 Å². The van der Waals surface area contributed by atoms with Gasteiger partial charge in [0.05, 0.1) is 6.54 Å². The molecule has 6 nitrogen and oxygen atoms in total. The summed E-state index contributed by atoms with van der Waals surface area (Å²) in [6.45, 7) is 6.43. The Morgan fingerprint density at radius 3 is 2.81 bits per heavy atom. The number of rotatable bonds is 4. The molecule has 1 spiro atoms. The fourth-order valence-corrected chi connectivity index (χ4v) is 5.48. The molecule has 1 atom stereocenters.